The van der Waals surface area contributed by atoms with E-state index >= 15 is 0 Å². The molecule has 0 spiro atoms. The quantitative estimate of drug-likeness (QED) is 0.824. The Labute approximate surface area is 112 Å². The molecule has 0 heterocycles. The van der Waals surface area contributed by atoms with Gasteiger partial charge in [0.05, 0.1) is 10.6 Å². The van der Waals surface area contributed by atoms with Crippen molar-refractivity contribution in [2.75, 3.05) is 5.73 Å². The number of halogens is 4. The molecule has 0 saturated heterocycles. The van der Waals surface area contributed by atoms with Crippen LogP contribution in [0.25, 0.3) is 0 Å². The minimum absolute atomic E-state index is 0.147. The summed E-state index contributed by atoms with van der Waals surface area (Å²) in [6.07, 6.45) is -2.78. The fourth-order valence-electron chi connectivity index (χ4n) is 1.51. The van der Waals surface area contributed by atoms with Crippen LogP contribution in [0.3, 0.4) is 0 Å². The first-order valence-corrected chi connectivity index (χ1v) is 5.66. The second-order valence-electron chi connectivity index (χ2n) is 3.75. The molecule has 2 rings (SSSR count). The largest absolute Gasteiger partial charge is 0.454 e. The van der Waals surface area contributed by atoms with E-state index in [-0.39, 0.29) is 22.2 Å². The first-order chi connectivity index (χ1) is 8.99. The molecular weight excluding hydrogens is 279 g/mol. The molecule has 0 aliphatic rings. The molecule has 0 aromatic heterocycles. The zero-order valence-electron chi connectivity index (χ0n) is 9.54. The van der Waals surface area contributed by atoms with E-state index in [1.165, 1.54) is 30.3 Å². The Bertz CT molecular complexity index is 604. The minimum atomic E-state index is -2.78. The van der Waals surface area contributed by atoms with Gasteiger partial charge in [-0.3, -0.25) is 0 Å². The van der Waals surface area contributed by atoms with Crippen LogP contribution >= 0.6 is 11.6 Å². The van der Waals surface area contributed by atoms with Crippen LogP contribution < -0.4 is 10.5 Å². The number of hydrogen-bond donors (Lipinski definition) is 1. The van der Waals surface area contributed by atoms with E-state index in [4.69, 9.17) is 22.1 Å². The number of anilines is 1. The summed E-state index contributed by atoms with van der Waals surface area (Å²) < 4.78 is 44.4. The number of alkyl halides is 2. The van der Waals surface area contributed by atoms with Crippen molar-refractivity contribution in [2.45, 2.75) is 6.43 Å². The SMILES string of the molecule is Nc1ccc(Oc2cccc(Cl)c2F)c(C(F)F)c1. The van der Waals surface area contributed by atoms with E-state index < -0.39 is 17.8 Å². The number of nitrogen functional groups attached to an aromatic ring is 1. The molecular formula is C13H9ClF3NO. The lowest BCUT2D eigenvalue weighted by Gasteiger charge is -2.12. The van der Waals surface area contributed by atoms with Gasteiger partial charge in [0.15, 0.2) is 11.6 Å². The highest BCUT2D eigenvalue weighted by molar-refractivity contribution is 6.30. The van der Waals surface area contributed by atoms with Crippen LogP contribution in [0, 0.1) is 5.82 Å². The van der Waals surface area contributed by atoms with E-state index in [2.05, 4.69) is 0 Å². The van der Waals surface area contributed by atoms with Gasteiger partial charge in [-0.25, -0.2) is 13.2 Å². The Morgan fingerprint density at radius 2 is 1.84 bits per heavy atom. The van der Waals surface area contributed by atoms with E-state index in [1.807, 2.05) is 0 Å². The van der Waals surface area contributed by atoms with Crippen molar-refractivity contribution in [3.8, 4) is 11.5 Å². The molecule has 0 aliphatic heterocycles. The third kappa shape index (κ3) is 2.93. The molecule has 100 valence electrons. The number of hydrogen-bond acceptors (Lipinski definition) is 2. The maximum atomic E-state index is 13.6. The van der Waals surface area contributed by atoms with Gasteiger partial charge in [-0.1, -0.05) is 17.7 Å². The molecule has 2 aromatic carbocycles. The van der Waals surface area contributed by atoms with Crippen molar-refractivity contribution in [3.05, 3.63) is 52.8 Å². The first kappa shape index (κ1) is 13.5. The smallest absolute Gasteiger partial charge is 0.267 e. The molecule has 0 aliphatic carbocycles. The van der Waals surface area contributed by atoms with Crippen LogP contribution in [-0.4, -0.2) is 0 Å². The van der Waals surface area contributed by atoms with Crippen molar-refractivity contribution in [1.29, 1.82) is 0 Å². The second kappa shape index (κ2) is 5.40. The molecule has 19 heavy (non-hydrogen) atoms. The second-order valence-corrected chi connectivity index (χ2v) is 4.16. The molecule has 0 saturated carbocycles. The normalized spacial score (nSPS) is 10.8. The monoisotopic (exact) mass is 287 g/mol. The Hall–Kier alpha value is -1.88. The van der Waals surface area contributed by atoms with Gasteiger partial charge in [0, 0.05) is 5.69 Å². The zero-order chi connectivity index (χ0) is 14.0. The highest BCUT2D eigenvalue weighted by atomic mass is 35.5. The fraction of sp³-hybridized carbons (Fsp3) is 0.0769. The lowest BCUT2D eigenvalue weighted by Crippen LogP contribution is -1.96. The molecule has 0 fully saturated rings. The van der Waals surface area contributed by atoms with Crippen molar-refractivity contribution in [2.24, 2.45) is 0 Å². The summed E-state index contributed by atoms with van der Waals surface area (Å²) in [6.45, 7) is 0. The van der Waals surface area contributed by atoms with Crippen molar-refractivity contribution >= 4 is 17.3 Å². The highest BCUT2D eigenvalue weighted by Crippen LogP contribution is 2.35. The van der Waals surface area contributed by atoms with Crippen LogP contribution in [0.4, 0.5) is 18.9 Å². The van der Waals surface area contributed by atoms with E-state index in [1.54, 1.807) is 0 Å². The van der Waals surface area contributed by atoms with Crippen LogP contribution in [0.1, 0.15) is 12.0 Å². The molecule has 2 N–H and O–H groups in total. The molecule has 0 bridgehead atoms. The van der Waals surface area contributed by atoms with Gasteiger partial charge in [0.25, 0.3) is 6.43 Å². The number of benzene rings is 2. The molecule has 2 aromatic rings. The van der Waals surface area contributed by atoms with E-state index in [0.29, 0.717) is 0 Å². The minimum Gasteiger partial charge on any atom is -0.454 e. The van der Waals surface area contributed by atoms with Gasteiger partial charge < -0.3 is 10.5 Å². The lowest BCUT2D eigenvalue weighted by atomic mass is 10.2. The van der Waals surface area contributed by atoms with Crippen molar-refractivity contribution < 1.29 is 17.9 Å². The van der Waals surface area contributed by atoms with Gasteiger partial charge in [-0.2, -0.15) is 0 Å². The summed E-state index contributed by atoms with van der Waals surface area (Å²) in [4.78, 5) is 0. The lowest BCUT2D eigenvalue weighted by molar-refractivity contribution is 0.148. The van der Waals surface area contributed by atoms with Crippen LogP contribution in [-0.2, 0) is 0 Å². The van der Waals surface area contributed by atoms with E-state index in [0.717, 1.165) is 6.07 Å². The third-order valence-electron chi connectivity index (χ3n) is 2.41. The topological polar surface area (TPSA) is 35.2 Å². The van der Waals surface area contributed by atoms with Crippen LogP contribution in [0.5, 0.6) is 11.5 Å². The number of ether oxygens (including phenoxy) is 1. The molecule has 0 unspecified atom stereocenters. The van der Waals surface area contributed by atoms with Gasteiger partial charge in [0.2, 0.25) is 0 Å². The molecule has 0 radical (unpaired) electrons. The third-order valence-corrected chi connectivity index (χ3v) is 2.70. The summed E-state index contributed by atoms with van der Waals surface area (Å²) in [5.74, 6) is -1.19. The fourth-order valence-corrected chi connectivity index (χ4v) is 1.68. The Morgan fingerprint density at radius 1 is 1.11 bits per heavy atom. The van der Waals surface area contributed by atoms with Crippen LogP contribution in [0.2, 0.25) is 5.02 Å². The summed E-state index contributed by atoms with van der Waals surface area (Å²) in [7, 11) is 0. The molecule has 6 heteroatoms. The van der Waals surface area contributed by atoms with E-state index in [9.17, 15) is 13.2 Å². The van der Waals surface area contributed by atoms with Gasteiger partial charge in [0.1, 0.15) is 5.75 Å². The van der Waals surface area contributed by atoms with Crippen molar-refractivity contribution in [1.82, 2.24) is 0 Å². The van der Waals surface area contributed by atoms with Crippen LogP contribution in [0.15, 0.2) is 36.4 Å². The first-order valence-electron chi connectivity index (χ1n) is 5.28. The summed E-state index contributed by atoms with van der Waals surface area (Å²) in [6, 6.07) is 7.83. The predicted octanol–water partition coefficient (Wildman–Crippen LogP) is 4.79. The highest BCUT2D eigenvalue weighted by Gasteiger charge is 2.17. The van der Waals surface area contributed by atoms with Gasteiger partial charge in [-0.15, -0.1) is 0 Å². The number of nitrogens with two attached hydrogens (primary N) is 1. The van der Waals surface area contributed by atoms with Gasteiger partial charge in [-0.05, 0) is 30.3 Å². The molecule has 2 nitrogen and oxygen atoms in total. The Kier molecular flexibility index (Phi) is 3.85. The number of rotatable bonds is 3. The maximum Gasteiger partial charge on any atom is 0.267 e. The summed E-state index contributed by atoms with van der Waals surface area (Å²) in [5, 5.41) is -0.147. The molecule has 0 amide bonds. The average Bonchev–Trinajstić information content (AvgIpc) is 2.36. The average molecular weight is 288 g/mol. The summed E-state index contributed by atoms with van der Waals surface area (Å²) >= 11 is 5.58. The van der Waals surface area contributed by atoms with Gasteiger partial charge >= 0.3 is 0 Å². The van der Waals surface area contributed by atoms with Crippen molar-refractivity contribution in [3.63, 3.8) is 0 Å². The maximum absolute atomic E-state index is 13.6. The Balaban J connectivity index is 2.41. The molecule has 0 atom stereocenters. The standard InChI is InChI=1S/C13H9ClF3NO/c14-9-2-1-3-11(12(9)15)19-10-5-4-7(18)6-8(10)13(16)17/h1-6,13H,18H2. The zero-order valence-corrected chi connectivity index (χ0v) is 10.3. The summed E-state index contributed by atoms with van der Waals surface area (Å²) in [5.41, 5.74) is 5.20. The predicted molar refractivity (Wildman–Crippen MR) is 67.3 cm³/mol. The Morgan fingerprint density at radius 3 is 2.53 bits per heavy atom.